The van der Waals surface area contributed by atoms with Crippen molar-refractivity contribution in [2.24, 2.45) is 17.8 Å². The van der Waals surface area contributed by atoms with Gasteiger partial charge in [-0.05, 0) is 24.7 Å². The summed E-state index contributed by atoms with van der Waals surface area (Å²) in [5, 5.41) is 0. The molecule has 1 aliphatic rings. The molecule has 0 bridgehead atoms. The van der Waals surface area contributed by atoms with Crippen LogP contribution in [0.15, 0.2) is 0 Å². The molecule has 1 aliphatic carbocycles. The van der Waals surface area contributed by atoms with Gasteiger partial charge in [0.2, 0.25) is 0 Å². The lowest BCUT2D eigenvalue weighted by Crippen LogP contribution is -2.22. The zero-order valence-electron chi connectivity index (χ0n) is 6.84. The Balaban J connectivity index is 2.43. The van der Waals surface area contributed by atoms with Gasteiger partial charge in [0, 0.05) is 5.92 Å². The van der Waals surface area contributed by atoms with Crippen LogP contribution >= 0.6 is 0 Å². The zero-order chi connectivity index (χ0) is 7.56. The van der Waals surface area contributed by atoms with Crippen molar-refractivity contribution in [3.05, 3.63) is 0 Å². The number of carbonyl (C=O) groups is 1. The summed E-state index contributed by atoms with van der Waals surface area (Å²) < 4.78 is 0. The van der Waals surface area contributed by atoms with Gasteiger partial charge in [-0.2, -0.15) is 0 Å². The van der Waals surface area contributed by atoms with Crippen LogP contribution in [0.2, 0.25) is 0 Å². The van der Waals surface area contributed by atoms with Gasteiger partial charge in [-0.25, -0.2) is 0 Å². The van der Waals surface area contributed by atoms with Crippen LogP contribution in [0.5, 0.6) is 0 Å². The highest BCUT2D eigenvalue weighted by atomic mass is 16.1. The van der Waals surface area contributed by atoms with Gasteiger partial charge in [0.25, 0.3) is 0 Å². The van der Waals surface area contributed by atoms with Crippen LogP contribution in [-0.4, -0.2) is 6.29 Å². The molecule has 58 valence electrons. The minimum atomic E-state index is 0.358. The summed E-state index contributed by atoms with van der Waals surface area (Å²) in [5.41, 5.74) is 0. The fourth-order valence-electron chi connectivity index (χ4n) is 1.89. The third-order valence-electron chi connectivity index (χ3n) is 2.67. The second kappa shape index (κ2) is 3.18. The molecule has 0 amide bonds. The standard InChI is InChI=1S/C9H16O/c1-7-3-4-9(6-10)8(2)5-7/h6-9H,3-5H2,1-2H3/t7-,8+,9+/m0/s1. The molecule has 0 aliphatic heterocycles. The molecule has 1 nitrogen and oxygen atoms in total. The molecule has 1 fully saturated rings. The number of hydrogen-bond acceptors (Lipinski definition) is 1. The molecule has 0 spiro atoms. The number of carbonyl (C=O) groups excluding carboxylic acids is 1. The van der Waals surface area contributed by atoms with Gasteiger partial charge >= 0.3 is 0 Å². The third kappa shape index (κ3) is 1.59. The van der Waals surface area contributed by atoms with E-state index in [0.29, 0.717) is 11.8 Å². The first-order valence-electron chi connectivity index (χ1n) is 4.19. The third-order valence-corrected chi connectivity index (χ3v) is 2.67. The van der Waals surface area contributed by atoms with Crippen molar-refractivity contribution in [2.45, 2.75) is 33.1 Å². The normalized spacial score (nSPS) is 41.2. The van der Waals surface area contributed by atoms with E-state index in [1.807, 2.05) is 0 Å². The van der Waals surface area contributed by atoms with E-state index in [9.17, 15) is 4.79 Å². The first kappa shape index (κ1) is 7.77. The van der Waals surface area contributed by atoms with Gasteiger partial charge in [0.1, 0.15) is 6.29 Å². The van der Waals surface area contributed by atoms with Crippen LogP contribution in [0.25, 0.3) is 0 Å². The van der Waals surface area contributed by atoms with Crippen molar-refractivity contribution in [3.8, 4) is 0 Å². The van der Waals surface area contributed by atoms with E-state index in [4.69, 9.17) is 0 Å². The lowest BCUT2D eigenvalue weighted by Gasteiger charge is -2.28. The maximum atomic E-state index is 10.5. The monoisotopic (exact) mass is 140 g/mol. The van der Waals surface area contributed by atoms with Crippen LogP contribution in [0.3, 0.4) is 0 Å². The molecule has 0 aromatic heterocycles. The van der Waals surface area contributed by atoms with Crippen molar-refractivity contribution in [1.82, 2.24) is 0 Å². The Morgan fingerprint density at radius 3 is 2.50 bits per heavy atom. The van der Waals surface area contributed by atoms with Gasteiger partial charge in [-0.1, -0.05) is 20.3 Å². The molecule has 0 heterocycles. The molecule has 0 aromatic carbocycles. The fraction of sp³-hybridized carbons (Fsp3) is 0.889. The molecule has 10 heavy (non-hydrogen) atoms. The SMILES string of the molecule is C[C@H]1CC[C@H](C=O)[C@H](C)C1. The second-order valence-corrected chi connectivity index (χ2v) is 3.70. The van der Waals surface area contributed by atoms with E-state index in [1.54, 1.807) is 0 Å². The molecule has 3 atom stereocenters. The molecule has 1 heteroatoms. The van der Waals surface area contributed by atoms with Gasteiger partial charge in [-0.3, -0.25) is 0 Å². The smallest absolute Gasteiger partial charge is 0.123 e. The highest BCUT2D eigenvalue weighted by Gasteiger charge is 2.24. The lowest BCUT2D eigenvalue weighted by molar-refractivity contribution is -0.113. The largest absolute Gasteiger partial charge is 0.303 e. The molecular formula is C9H16O. The van der Waals surface area contributed by atoms with Crippen LogP contribution in [0, 0.1) is 17.8 Å². The minimum Gasteiger partial charge on any atom is -0.303 e. The Morgan fingerprint density at radius 1 is 1.30 bits per heavy atom. The van der Waals surface area contributed by atoms with E-state index in [1.165, 1.54) is 12.8 Å². The average Bonchev–Trinajstić information content (AvgIpc) is 1.88. The van der Waals surface area contributed by atoms with E-state index in [0.717, 1.165) is 18.6 Å². The molecule has 0 saturated heterocycles. The molecule has 0 aromatic rings. The highest BCUT2D eigenvalue weighted by molar-refractivity contribution is 5.54. The summed E-state index contributed by atoms with van der Waals surface area (Å²) in [4.78, 5) is 10.5. The van der Waals surface area contributed by atoms with Crippen LogP contribution in [-0.2, 0) is 4.79 Å². The summed E-state index contributed by atoms with van der Waals surface area (Å²) in [5.74, 6) is 1.82. The van der Waals surface area contributed by atoms with Crippen molar-refractivity contribution in [3.63, 3.8) is 0 Å². The molecule has 0 unspecified atom stereocenters. The molecular weight excluding hydrogens is 124 g/mol. The predicted octanol–water partition coefficient (Wildman–Crippen LogP) is 2.26. The second-order valence-electron chi connectivity index (χ2n) is 3.70. The first-order chi connectivity index (χ1) is 4.74. The highest BCUT2D eigenvalue weighted by Crippen LogP contribution is 2.31. The van der Waals surface area contributed by atoms with E-state index in [-0.39, 0.29) is 0 Å². The topological polar surface area (TPSA) is 17.1 Å². The maximum Gasteiger partial charge on any atom is 0.123 e. The average molecular weight is 140 g/mol. The summed E-state index contributed by atoms with van der Waals surface area (Å²) in [7, 11) is 0. The predicted molar refractivity (Wildman–Crippen MR) is 41.7 cm³/mol. The quantitative estimate of drug-likeness (QED) is 0.510. The maximum absolute atomic E-state index is 10.5. The van der Waals surface area contributed by atoms with E-state index < -0.39 is 0 Å². The molecule has 0 N–H and O–H groups in total. The summed E-state index contributed by atoms with van der Waals surface area (Å²) in [6, 6.07) is 0. The number of aldehydes is 1. The molecule has 0 radical (unpaired) electrons. The first-order valence-corrected chi connectivity index (χ1v) is 4.19. The molecule has 1 saturated carbocycles. The fourth-order valence-corrected chi connectivity index (χ4v) is 1.89. The summed E-state index contributed by atoms with van der Waals surface area (Å²) >= 11 is 0. The van der Waals surface area contributed by atoms with Crippen LogP contribution < -0.4 is 0 Å². The van der Waals surface area contributed by atoms with E-state index >= 15 is 0 Å². The Hall–Kier alpha value is -0.330. The summed E-state index contributed by atoms with van der Waals surface area (Å²) in [6.07, 6.45) is 4.74. The Morgan fingerprint density at radius 2 is 2.00 bits per heavy atom. The van der Waals surface area contributed by atoms with Gasteiger partial charge < -0.3 is 4.79 Å². The number of hydrogen-bond donors (Lipinski definition) is 0. The minimum absolute atomic E-state index is 0.358. The summed E-state index contributed by atoms with van der Waals surface area (Å²) in [6.45, 7) is 4.46. The van der Waals surface area contributed by atoms with Gasteiger partial charge in [0.05, 0.1) is 0 Å². The van der Waals surface area contributed by atoms with Crippen LogP contribution in [0.1, 0.15) is 33.1 Å². The van der Waals surface area contributed by atoms with Crippen LogP contribution in [0.4, 0.5) is 0 Å². The van der Waals surface area contributed by atoms with Gasteiger partial charge in [0.15, 0.2) is 0 Å². The zero-order valence-corrected chi connectivity index (χ0v) is 6.84. The number of rotatable bonds is 1. The molecule has 1 rings (SSSR count). The van der Waals surface area contributed by atoms with Crippen molar-refractivity contribution < 1.29 is 4.79 Å². The van der Waals surface area contributed by atoms with Crippen molar-refractivity contribution in [1.29, 1.82) is 0 Å². The van der Waals surface area contributed by atoms with Crippen molar-refractivity contribution in [2.75, 3.05) is 0 Å². The Labute approximate surface area is 62.8 Å². The van der Waals surface area contributed by atoms with Crippen molar-refractivity contribution >= 4 is 6.29 Å². The van der Waals surface area contributed by atoms with Gasteiger partial charge in [-0.15, -0.1) is 0 Å². The van der Waals surface area contributed by atoms with E-state index in [2.05, 4.69) is 13.8 Å². The Bertz CT molecular complexity index is 120. The lowest BCUT2D eigenvalue weighted by atomic mass is 9.76. The Kier molecular flexibility index (Phi) is 2.47.